The molecule has 0 aliphatic rings. The lowest BCUT2D eigenvalue weighted by Crippen LogP contribution is -2.40. The summed E-state index contributed by atoms with van der Waals surface area (Å²) in [6.45, 7) is 4.58. The summed E-state index contributed by atoms with van der Waals surface area (Å²) in [6, 6.07) is 16.1. The number of likely N-dealkylation sites (N-methyl/N-ethyl adjacent to an activating group) is 1. The molecule has 28 heavy (non-hydrogen) atoms. The molecule has 0 saturated heterocycles. The van der Waals surface area contributed by atoms with Crippen LogP contribution in [0.3, 0.4) is 0 Å². The number of nitrogens with one attached hydrogen (secondary N) is 1. The fraction of sp³-hybridized carbons (Fsp3) is 0.333. The molecule has 6 nitrogen and oxygen atoms in total. The van der Waals surface area contributed by atoms with Crippen molar-refractivity contribution in [2.24, 2.45) is 0 Å². The number of nitrogens with zero attached hydrogens (tertiary/aromatic N) is 1. The molecule has 0 atom stereocenters. The molecular formula is C21H26N2O4S. The number of carbonyl (C=O) groups is 2. The molecule has 0 bridgehead atoms. The third-order valence-electron chi connectivity index (χ3n) is 4.37. The number of aryl methyl sites for hydroxylation is 1. The number of hydrogen-bond acceptors (Lipinski definition) is 4. The predicted molar refractivity (Wildman–Crippen MR) is 108 cm³/mol. The summed E-state index contributed by atoms with van der Waals surface area (Å²) >= 11 is 0. The molecule has 0 aliphatic carbocycles. The number of benzene rings is 2. The average molecular weight is 403 g/mol. The molecule has 0 fully saturated rings. The van der Waals surface area contributed by atoms with Gasteiger partial charge in [0.1, 0.15) is 0 Å². The summed E-state index contributed by atoms with van der Waals surface area (Å²) in [5, 5.41) is 2.52. The van der Waals surface area contributed by atoms with Crippen molar-refractivity contribution in [2.75, 3.05) is 18.8 Å². The van der Waals surface area contributed by atoms with Gasteiger partial charge < -0.3 is 10.2 Å². The van der Waals surface area contributed by atoms with Gasteiger partial charge in [-0.3, -0.25) is 9.59 Å². The quantitative estimate of drug-likeness (QED) is 0.698. The third kappa shape index (κ3) is 6.49. The molecule has 0 aromatic heterocycles. The van der Waals surface area contributed by atoms with E-state index in [1.807, 2.05) is 44.2 Å². The minimum atomic E-state index is -3.53. The van der Waals surface area contributed by atoms with Gasteiger partial charge in [-0.05, 0) is 31.5 Å². The summed E-state index contributed by atoms with van der Waals surface area (Å²) in [4.78, 5) is 26.2. The first-order valence-electron chi connectivity index (χ1n) is 9.19. The zero-order chi connectivity index (χ0) is 20.6. The van der Waals surface area contributed by atoms with E-state index in [9.17, 15) is 18.0 Å². The summed E-state index contributed by atoms with van der Waals surface area (Å²) < 4.78 is 24.6. The monoisotopic (exact) mass is 402 g/mol. The van der Waals surface area contributed by atoms with Gasteiger partial charge in [0.25, 0.3) is 0 Å². The third-order valence-corrected chi connectivity index (χ3v) is 6.10. The second-order valence-corrected chi connectivity index (χ2v) is 8.66. The van der Waals surface area contributed by atoms with Crippen molar-refractivity contribution in [3.8, 4) is 0 Å². The Hall–Kier alpha value is -2.67. The van der Waals surface area contributed by atoms with E-state index in [2.05, 4.69) is 5.32 Å². The molecule has 0 saturated carbocycles. The van der Waals surface area contributed by atoms with Crippen LogP contribution in [0, 0.1) is 6.92 Å². The van der Waals surface area contributed by atoms with Crippen LogP contribution in [-0.4, -0.2) is 44.0 Å². The molecule has 0 unspecified atom stereocenters. The number of sulfone groups is 1. The fourth-order valence-corrected chi connectivity index (χ4v) is 3.89. The summed E-state index contributed by atoms with van der Waals surface area (Å²) in [5.74, 6) is -0.960. The highest BCUT2D eigenvalue weighted by atomic mass is 32.2. The maximum atomic E-state index is 12.3. The molecule has 2 amide bonds. The van der Waals surface area contributed by atoms with E-state index < -0.39 is 15.7 Å². The number of amides is 2. The van der Waals surface area contributed by atoms with Gasteiger partial charge in [0.05, 0.1) is 17.2 Å². The van der Waals surface area contributed by atoms with E-state index in [4.69, 9.17) is 0 Å². The van der Waals surface area contributed by atoms with E-state index in [0.29, 0.717) is 13.1 Å². The average Bonchev–Trinajstić information content (AvgIpc) is 2.70. The van der Waals surface area contributed by atoms with Gasteiger partial charge in [0.2, 0.25) is 11.8 Å². The van der Waals surface area contributed by atoms with Crippen LogP contribution in [0.4, 0.5) is 0 Å². The van der Waals surface area contributed by atoms with E-state index in [-0.39, 0.29) is 29.5 Å². The predicted octanol–water partition coefficient (Wildman–Crippen LogP) is 2.32. The van der Waals surface area contributed by atoms with Gasteiger partial charge >= 0.3 is 0 Å². The fourth-order valence-electron chi connectivity index (χ4n) is 2.65. The second kappa shape index (κ2) is 10.0. The van der Waals surface area contributed by atoms with Gasteiger partial charge in [-0.2, -0.15) is 0 Å². The first-order chi connectivity index (χ1) is 13.3. The molecule has 0 radical (unpaired) electrons. The Labute approximate surface area is 166 Å². The molecule has 0 spiro atoms. The SMILES string of the molecule is CCN(Cc1ccccc1)C(=O)CNC(=O)CCS(=O)(=O)c1ccc(C)cc1. The van der Waals surface area contributed by atoms with E-state index >= 15 is 0 Å². The van der Waals surface area contributed by atoms with Crippen LogP contribution in [-0.2, 0) is 26.0 Å². The van der Waals surface area contributed by atoms with Crippen LogP contribution in [0.2, 0.25) is 0 Å². The Balaban J connectivity index is 1.82. The van der Waals surface area contributed by atoms with Crippen molar-refractivity contribution >= 4 is 21.7 Å². The van der Waals surface area contributed by atoms with Crippen LogP contribution < -0.4 is 5.32 Å². The standard InChI is InChI=1S/C21H26N2O4S/c1-3-23(16-18-7-5-4-6-8-18)21(25)15-22-20(24)13-14-28(26,27)19-11-9-17(2)10-12-19/h4-12H,3,13-16H2,1-2H3,(H,22,24). The first-order valence-corrected chi connectivity index (χ1v) is 10.8. The lowest BCUT2D eigenvalue weighted by molar-refractivity contribution is -0.133. The van der Waals surface area contributed by atoms with Gasteiger partial charge in [-0.15, -0.1) is 0 Å². The highest BCUT2D eigenvalue weighted by Gasteiger charge is 2.18. The number of hydrogen-bond donors (Lipinski definition) is 1. The minimum absolute atomic E-state index is 0.149. The van der Waals surface area contributed by atoms with E-state index in [0.717, 1.165) is 11.1 Å². The van der Waals surface area contributed by atoms with E-state index in [1.54, 1.807) is 17.0 Å². The minimum Gasteiger partial charge on any atom is -0.347 e. The van der Waals surface area contributed by atoms with Crippen molar-refractivity contribution in [3.05, 3.63) is 65.7 Å². The molecule has 2 aromatic rings. The van der Waals surface area contributed by atoms with Gasteiger partial charge in [-0.1, -0.05) is 48.0 Å². The largest absolute Gasteiger partial charge is 0.347 e. The Bertz CT molecular complexity index is 894. The Morgan fingerprint density at radius 2 is 1.64 bits per heavy atom. The Morgan fingerprint density at radius 1 is 1.00 bits per heavy atom. The summed E-state index contributed by atoms with van der Waals surface area (Å²) in [6.07, 6.45) is -0.186. The number of carbonyl (C=O) groups excluding carboxylic acids is 2. The lowest BCUT2D eigenvalue weighted by atomic mass is 10.2. The highest BCUT2D eigenvalue weighted by Crippen LogP contribution is 2.13. The van der Waals surface area contributed by atoms with Crippen LogP contribution in [0.25, 0.3) is 0 Å². The number of rotatable bonds is 9. The molecule has 7 heteroatoms. The van der Waals surface area contributed by atoms with Crippen molar-refractivity contribution in [2.45, 2.75) is 31.7 Å². The second-order valence-electron chi connectivity index (χ2n) is 6.55. The van der Waals surface area contributed by atoms with Gasteiger partial charge in [0, 0.05) is 19.5 Å². The topological polar surface area (TPSA) is 83.6 Å². The van der Waals surface area contributed by atoms with Crippen molar-refractivity contribution in [1.82, 2.24) is 10.2 Å². The molecule has 2 aromatic carbocycles. The van der Waals surface area contributed by atoms with Crippen molar-refractivity contribution in [3.63, 3.8) is 0 Å². The van der Waals surface area contributed by atoms with E-state index in [1.165, 1.54) is 12.1 Å². The summed E-state index contributed by atoms with van der Waals surface area (Å²) in [7, 11) is -3.53. The van der Waals surface area contributed by atoms with Crippen LogP contribution in [0.15, 0.2) is 59.5 Å². The molecule has 0 aliphatic heterocycles. The summed E-state index contributed by atoms with van der Waals surface area (Å²) in [5.41, 5.74) is 1.97. The molecule has 2 rings (SSSR count). The lowest BCUT2D eigenvalue weighted by Gasteiger charge is -2.21. The normalized spacial score (nSPS) is 11.1. The van der Waals surface area contributed by atoms with Crippen molar-refractivity contribution in [1.29, 1.82) is 0 Å². The zero-order valence-electron chi connectivity index (χ0n) is 16.2. The van der Waals surface area contributed by atoms with Crippen LogP contribution >= 0.6 is 0 Å². The highest BCUT2D eigenvalue weighted by molar-refractivity contribution is 7.91. The van der Waals surface area contributed by atoms with Gasteiger partial charge in [0.15, 0.2) is 9.84 Å². The van der Waals surface area contributed by atoms with Gasteiger partial charge in [-0.25, -0.2) is 8.42 Å². The molecule has 150 valence electrons. The van der Waals surface area contributed by atoms with Crippen LogP contribution in [0.1, 0.15) is 24.5 Å². The molecule has 1 N–H and O–H groups in total. The smallest absolute Gasteiger partial charge is 0.242 e. The first kappa shape index (κ1) is 21.6. The Kier molecular flexibility index (Phi) is 7.75. The molecular weight excluding hydrogens is 376 g/mol. The molecule has 0 heterocycles. The maximum Gasteiger partial charge on any atom is 0.242 e. The zero-order valence-corrected chi connectivity index (χ0v) is 17.0. The van der Waals surface area contributed by atoms with Crippen molar-refractivity contribution < 1.29 is 18.0 Å². The van der Waals surface area contributed by atoms with Crippen LogP contribution in [0.5, 0.6) is 0 Å². The maximum absolute atomic E-state index is 12.3. The Morgan fingerprint density at radius 3 is 2.25 bits per heavy atom.